The normalized spacial score (nSPS) is 15.6. The summed E-state index contributed by atoms with van der Waals surface area (Å²) in [6, 6.07) is 3.08. The number of benzene rings is 1. The van der Waals surface area contributed by atoms with E-state index in [2.05, 4.69) is 5.32 Å². The standard InChI is InChI=1S/C13H16ClNO4S/c1-8-6-10(15-13(16)9-4-3-5-9)12(19-2)11(7-8)20(14,17)18/h6-7,9H,3-5H2,1-2H3,(H,15,16). The Hall–Kier alpha value is -1.27. The second-order valence-corrected chi connectivity index (χ2v) is 7.43. The van der Waals surface area contributed by atoms with E-state index in [-0.39, 0.29) is 22.5 Å². The number of hydrogen-bond donors (Lipinski definition) is 1. The van der Waals surface area contributed by atoms with Crippen LogP contribution in [0.4, 0.5) is 5.69 Å². The van der Waals surface area contributed by atoms with Gasteiger partial charge in [0.05, 0.1) is 12.8 Å². The number of hydrogen-bond acceptors (Lipinski definition) is 4. The number of anilines is 1. The molecule has 7 heteroatoms. The zero-order valence-electron chi connectivity index (χ0n) is 11.3. The molecule has 0 unspecified atom stereocenters. The number of nitrogens with one attached hydrogen (secondary N) is 1. The second-order valence-electron chi connectivity index (χ2n) is 4.90. The molecule has 1 aliphatic rings. The van der Waals surface area contributed by atoms with Gasteiger partial charge in [0.1, 0.15) is 4.90 Å². The van der Waals surface area contributed by atoms with Crippen molar-refractivity contribution >= 4 is 31.3 Å². The number of methoxy groups -OCH3 is 1. The van der Waals surface area contributed by atoms with Crippen LogP contribution in [0.25, 0.3) is 0 Å². The number of halogens is 1. The van der Waals surface area contributed by atoms with Gasteiger partial charge in [0.2, 0.25) is 5.91 Å². The lowest BCUT2D eigenvalue weighted by molar-refractivity contribution is -0.122. The lowest BCUT2D eigenvalue weighted by Crippen LogP contribution is -2.28. The van der Waals surface area contributed by atoms with Gasteiger partial charge in [0, 0.05) is 16.6 Å². The minimum absolute atomic E-state index is 0.00345. The lowest BCUT2D eigenvalue weighted by atomic mass is 9.85. The zero-order valence-corrected chi connectivity index (χ0v) is 12.8. The molecule has 0 radical (unpaired) electrons. The fraction of sp³-hybridized carbons (Fsp3) is 0.462. The van der Waals surface area contributed by atoms with E-state index in [1.165, 1.54) is 13.2 Å². The largest absolute Gasteiger partial charge is 0.493 e. The first-order chi connectivity index (χ1) is 9.32. The van der Waals surface area contributed by atoms with Crippen molar-refractivity contribution in [2.24, 2.45) is 5.92 Å². The molecule has 110 valence electrons. The van der Waals surface area contributed by atoms with Crippen LogP contribution in [0.15, 0.2) is 17.0 Å². The Morgan fingerprint density at radius 2 is 2.05 bits per heavy atom. The summed E-state index contributed by atoms with van der Waals surface area (Å²) in [7, 11) is 2.80. The SMILES string of the molecule is COc1c(NC(=O)C2CCC2)cc(C)cc1S(=O)(=O)Cl. The minimum Gasteiger partial charge on any atom is -0.493 e. The molecule has 0 saturated heterocycles. The average molecular weight is 318 g/mol. The van der Waals surface area contributed by atoms with Crippen molar-refractivity contribution in [2.75, 3.05) is 12.4 Å². The Bertz CT molecular complexity index is 638. The summed E-state index contributed by atoms with van der Waals surface area (Å²) in [4.78, 5) is 11.9. The van der Waals surface area contributed by atoms with E-state index >= 15 is 0 Å². The second kappa shape index (κ2) is 5.61. The van der Waals surface area contributed by atoms with Crippen LogP contribution in [0.1, 0.15) is 24.8 Å². The quantitative estimate of drug-likeness (QED) is 0.867. The van der Waals surface area contributed by atoms with Gasteiger partial charge in [-0.05, 0) is 37.5 Å². The first-order valence-electron chi connectivity index (χ1n) is 6.27. The molecule has 1 aliphatic carbocycles. The Labute approximate surface area is 122 Å². The van der Waals surface area contributed by atoms with E-state index < -0.39 is 9.05 Å². The number of ether oxygens (including phenoxy) is 1. The highest BCUT2D eigenvalue weighted by atomic mass is 35.7. The van der Waals surface area contributed by atoms with Gasteiger partial charge >= 0.3 is 0 Å². The maximum Gasteiger partial charge on any atom is 0.265 e. The van der Waals surface area contributed by atoms with Gasteiger partial charge in [0.25, 0.3) is 9.05 Å². The van der Waals surface area contributed by atoms with Gasteiger partial charge in [-0.3, -0.25) is 4.79 Å². The third-order valence-electron chi connectivity index (χ3n) is 3.40. The molecule has 1 aromatic rings. The van der Waals surface area contributed by atoms with Crippen molar-refractivity contribution in [1.29, 1.82) is 0 Å². The van der Waals surface area contributed by atoms with Gasteiger partial charge < -0.3 is 10.1 Å². The fourth-order valence-corrected chi connectivity index (χ4v) is 3.21. The molecule has 1 aromatic carbocycles. The minimum atomic E-state index is -3.94. The number of carbonyl (C=O) groups is 1. The van der Waals surface area contributed by atoms with E-state index in [4.69, 9.17) is 15.4 Å². The molecule has 0 heterocycles. The summed E-state index contributed by atoms with van der Waals surface area (Å²) in [5.74, 6) is -0.0485. The number of amides is 1. The molecule has 0 bridgehead atoms. The molecular formula is C13H16ClNO4S. The van der Waals surface area contributed by atoms with Crippen LogP contribution in [-0.2, 0) is 13.8 Å². The van der Waals surface area contributed by atoms with E-state index in [1.807, 2.05) is 0 Å². The maximum absolute atomic E-state index is 12.0. The third-order valence-corrected chi connectivity index (χ3v) is 4.73. The first-order valence-corrected chi connectivity index (χ1v) is 8.58. The Balaban J connectivity index is 2.41. The molecule has 2 rings (SSSR count). The van der Waals surface area contributed by atoms with Crippen LogP contribution in [0.3, 0.4) is 0 Å². The van der Waals surface area contributed by atoms with E-state index in [0.29, 0.717) is 11.3 Å². The molecular weight excluding hydrogens is 302 g/mol. The summed E-state index contributed by atoms with van der Waals surface area (Å²) in [6.07, 6.45) is 2.77. The Kier molecular flexibility index (Phi) is 4.25. The van der Waals surface area contributed by atoms with Gasteiger partial charge in [-0.1, -0.05) is 6.42 Å². The van der Waals surface area contributed by atoms with E-state index in [1.54, 1.807) is 13.0 Å². The monoisotopic (exact) mass is 317 g/mol. The van der Waals surface area contributed by atoms with E-state index in [0.717, 1.165) is 19.3 Å². The average Bonchev–Trinajstić information content (AvgIpc) is 2.24. The van der Waals surface area contributed by atoms with Crippen molar-refractivity contribution in [2.45, 2.75) is 31.1 Å². The van der Waals surface area contributed by atoms with Crippen LogP contribution in [0.2, 0.25) is 0 Å². The highest BCUT2D eigenvalue weighted by Crippen LogP contribution is 2.36. The summed E-state index contributed by atoms with van der Waals surface area (Å²) >= 11 is 0. The summed E-state index contributed by atoms with van der Waals surface area (Å²) in [6.45, 7) is 1.73. The summed E-state index contributed by atoms with van der Waals surface area (Å²) in [5, 5.41) is 2.73. The van der Waals surface area contributed by atoms with Crippen LogP contribution in [0.5, 0.6) is 5.75 Å². The summed E-state index contributed by atoms with van der Waals surface area (Å²) in [5.41, 5.74) is 1.01. The van der Waals surface area contributed by atoms with Gasteiger partial charge in [-0.15, -0.1) is 0 Å². The van der Waals surface area contributed by atoms with Gasteiger partial charge in [0.15, 0.2) is 5.75 Å². The molecule has 5 nitrogen and oxygen atoms in total. The van der Waals surface area contributed by atoms with Crippen LogP contribution >= 0.6 is 10.7 Å². The molecule has 0 aromatic heterocycles. The molecule has 0 spiro atoms. The van der Waals surface area contributed by atoms with Crippen molar-refractivity contribution in [3.05, 3.63) is 17.7 Å². The third kappa shape index (κ3) is 3.07. The Morgan fingerprint density at radius 1 is 1.40 bits per heavy atom. The van der Waals surface area contributed by atoms with Gasteiger partial charge in [-0.2, -0.15) is 0 Å². The number of aryl methyl sites for hydroxylation is 1. The smallest absolute Gasteiger partial charge is 0.265 e. The number of carbonyl (C=O) groups excluding carboxylic acids is 1. The predicted octanol–water partition coefficient (Wildman–Crippen LogP) is 2.67. The van der Waals surface area contributed by atoms with Crippen LogP contribution < -0.4 is 10.1 Å². The first kappa shape index (κ1) is 15.1. The molecule has 20 heavy (non-hydrogen) atoms. The molecule has 0 aliphatic heterocycles. The fourth-order valence-electron chi connectivity index (χ4n) is 2.13. The molecule has 1 amide bonds. The lowest BCUT2D eigenvalue weighted by Gasteiger charge is -2.24. The van der Waals surface area contributed by atoms with Crippen LogP contribution in [-0.4, -0.2) is 21.4 Å². The highest BCUT2D eigenvalue weighted by molar-refractivity contribution is 8.13. The zero-order chi connectivity index (χ0) is 14.9. The molecule has 1 saturated carbocycles. The molecule has 1 fully saturated rings. The van der Waals surface area contributed by atoms with Crippen molar-refractivity contribution < 1.29 is 17.9 Å². The topological polar surface area (TPSA) is 72.5 Å². The predicted molar refractivity (Wildman–Crippen MR) is 76.7 cm³/mol. The van der Waals surface area contributed by atoms with Crippen molar-refractivity contribution in [3.63, 3.8) is 0 Å². The Morgan fingerprint density at radius 3 is 2.50 bits per heavy atom. The van der Waals surface area contributed by atoms with Crippen molar-refractivity contribution in [3.8, 4) is 5.75 Å². The van der Waals surface area contributed by atoms with E-state index in [9.17, 15) is 13.2 Å². The highest BCUT2D eigenvalue weighted by Gasteiger charge is 2.27. The summed E-state index contributed by atoms with van der Waals surface area (Å²) < 4.78 is 28.3. The van der Waals surface area contributed by atoms with Gasteiger partial charge in [-0.25, -0.2) is 8.42 Å². The number of rotatable bonds is 4. The van der Waals surface area contributed by atoms with Crippen LogP contribution in [0, 0.1) is 12.8 Å². The van der Waals surface area contributed by atoms with Crippen molar-refractivity contribution in [1.82, 2.24) is 0 Å². The molecule has 1 N–H and O–H groups in total. The maximum atomic E-state index is 12.0. The molecule has 0 atom stereocenters.